The summed E-state index contributed by atoms with van der Waals surface area (Å²) in [5, 5.41) is 2.04. The second-order valence-corrected chi connectivity index (χ2v) is 2.61. The number of fused-ring (bicyclic) bond motifs is 1. The fourth-order valence-corrected chi connectivity index (χ4v) is 1.23. The van der Waals surface area contributed by atoms with Crippen LogP contribution in [0.2, 0.25) is 0 Å². The smallest absolute Gasteiger partial charge is 0.119 e. The largest absolute Gasteiger partial charge is 0.497 e. The molecule has 0 aliphatic carbocycles. The Morgan fingerprint density at radius 3 is 2.75 bits per heavy atom. The normalized spacial score (nSPS) is 14.8. The maximum absolute atomic E-state index is 6.99. The Kier molecular flexibility index (Phi) is 1.07. The van der Waals surface area contributed by atoms with Gasteiger partial charge in [0.15, 0.2) is 0 Å². The molecule has 0 radical (unpaired) electrons. The summed E-state index contributed by atoms with van der Waals surface area (Å²) in [5.74, 6) is 0.369. The van der Waals surface area contributed by atoms with Gasteiger partial charge in [-0.05, 0) is 22.9 Å². The molecule has 0 aliphatic rings. The van der Waals surface area contributed by atoms with Crippen molar-refractivity contribution >= 4 is 10.8 Å². The molecule has 12 heavy (non-hydrogen) atoms. The van der Waals surface area contributed by atoms with Gasteiger partial charge in [0.1, 0.15) is 5.75 Å². The van der Waals surface area contributed by atoms with Gasteiger partial charge in [-0.2, -0.15) is 0 Å². The molecule has 0 spiro atoms. The van der Waals surface area contributed by atoms with E-state index in [-0.39, 0.29) is 0 Å². The maximum atomic E-state index is 6.99. The van der Waals surface area contributed by atoms with Crippen molar-refractivity contribution in [3.05, 3.63) is 42.5 Å². The molecule has 0 unspecified atom stereocenters. The van der Waals surface area contributed by atoms with E-state index in [1.165, 1.54) is 0 Å². The predicted octanol–water partition coefficient (Wildman–Crippen LogP) is 2.85. The summed E-state index contributed by atoms with van der Waals surface area (Å²) in [6, 6.07) is 13.0. The molecule has 2 aromatic carbocycles. The molecular formula is C11H10O. The second kappa shape index (κ2) is 2.86. The minimum atomic E-state index is -2.39. The van der Waals surface area contributed by atoms with Crippen LogP contribution < -0.4 is 4.74 Å². The molecule has 2 rings (SSSR count). The summed E-state index contributed by atoms with van der Waals surface area (Å²) in [6.07, 6.45) is 0. The Labute approximate surface area is 75.8 Å². The average Bonchev–Trinajstić information content (AvgIpc) is 2.15. The Hall–Kier alpha value is -1.50. The van der Waals surface area contributed by atoms with Gasteiger partial charge in [-0.1, -0.05) is 30.3 Å². The van der Waals surface area contributed by atoms with Crippen molar-refractivity contribution < 1.29 is 8.85 Å². The topological polar surface area (TPSA) is 9.23 Å². The zero-order valence-electron chi connectivity index (χ0n) is 9.45. The van der Waals surface area contributed by atoms with Crippen molar-refractivity contribution in [1.82, 2.24) is 0 Å². The number of hydrogen-bond donors (Lipinski definition) is 0. The van der Waals surface area contributed by atoms with Crippen molar-refractivity contribution in [2.24, 2.45) is 0 Å². The van der Waals surface area contributed by atoms with E-state index in [9.17, 15) is 0 Å². The van der Waals surface area contributed by atoms with Gasteiger partial charge in [0.25, 0.3) is 0 Å². The molecule has 0 aliphatic heterocycles. The highest BCUT2D eigenvalue weighted by molar-refractivity contribution is 5.83. The van der Waals surface area contributed by atoms with Crippen LogP contribution in [0.1, 0.15) is 4.11 Å². The standard InChI is InChI=1S/C11H10O/c1-12-11-7-6-9-4-2-3-5-10(9)8-11/h2-8H,1H3/i1D3. The number of benzene rings is 2. The van der Waals surface area contributed by atoms with Crippen LogP contribution in [0.5, 0.6) is 5.75 Å². The molecule has 0 saturated heterocycles. The van der Waals surface area contributed by atoms with Crippen LogP contribution in [0.3, 0.4) is 0 Å². The van der Waals surface area contributed by atoms with Crippen LogP contribution in [-0.2, 0) is 0 Å². The Bertz CT molecular complexity index is 476. The number of hydrogen-bond acceptors (Lipinski definition) is 1. The molecule has 0 atom stereocenters. The van der Waals surface area contributed by atoms with E-state index >= 15 is 0 Å². The molecular weight excluding hydrogens is 148 g/mol. The molecule has 0 bridgehead atoms. The quantitative estimate of drug-likeness (QED) is 0.625. The van der Waals surface area contributed by atoms with Gasteiger partial charge < -0.3 is 4.74 Å². The summed E-state index contributed by atoms with van der Waals surface area (Å²) in [4.78, 5) is 0. The van der Waals surface area contributed by atoms with E-state index in [2.05, 4.69) is 0 Å². The molecule has 0 N–H and O–H groups in total. The van der Waals surface area contributed by atoms with E-state index in [1.807, 2.05) is 30.3 Å². The number of rotatable bonds is 1. The summed E-state index contributed by atoms with van der Waals surface area (Å²) in [6.45, 7) is 0. The number of methoxy groups -OCH3 is 1. The summed E-state index contributed by atoms with van der Waals surface area (Å²) in [7, 11) is -2.39. The van der Waals surface area contributed by atoms with Gasteiger partial charge in [-0.3, -0.25) is 0 Å². The minimum absolute atomic E-state index is 0.369. The van der Waals surface area contributed by atoms with Gasteiger partial charge in [0.05, 0.1) is 11.2 Å². The molecule has 60 valence electrons. The van der Waals surface area contributed by atoms with Gasteiger partial charge in [-0.15, -0.1) is 0 Å². The number of ether oxygens (including phenoxy) is 1. The fraction of sp³-hybridized carbons (Fsp3) is 0.0909. The first-order valence-corrected chi connectivity index (χ1v) is 3.72. The lowest BCUT2D eigenvalue weighted by Gasteiger charge is -2.00. The van der Waals surface area contributed by atoms with E-state index in [0.29, 0.717) is 5.75 Å². The van der Waals surface area contributed by atoms with E-state index < -0.39 is 7.04 Å². The first-order valence-electron chi connectivity index (χ1n) is 5.22. The van der Waals surface area contributed by atoms with Gasteiger partial charge >= 0.3 is 0 Å². The Balaban J connectivity index is 2.39. The monoisotopic (exact) mass is 161 g/mol. The lowest BCUT2D eigenvalue weighted by molar-refractivity contribution is 0.415. The van der Waals surface area contributed by atoms with Crippen molar-refractivity contribution in [3.63, 3.8) is 0 Å². The average molecular weight is 161 g/mol. The Morgan fingerprint density at radius 1 is 1.08 bits per heavy atom. The van der Waals surface area contributed by atoms with Crippen molar-refractivity contribution in [2.75, 3.05) is 7.04 Å². The van der Waals surface area contributed by atoms with E-state index in [4.69, 9.17) is 8.85 Å². The molecule has 0 fully saturated rings. The summed E-state index contributed by atoms with van der Waals surface area (Å²) in [5.41, 5.74) is 0. The van der Waals surface area contributed by atoms with Gasteiger partial charge in [0.2, 0.25) is 0 Å². The first kappa shape index (κ1) is 4.51. The molecule has 1 heteroatoms. The van der Waals surface area contributed by atoms with E-state index in [0.717, 1.165) is 10.8 Å². The van der Waals surface area contributed by atoms with Crippen LogP contribution >= 0.6 is 0 Å². The second-order valence-electron chi connectivity index (χ2n) is 2.61. The highest BCUT2D eigenvalue weighted by atomic mass is 16.5. The van der Waals surface area contributed by atoms with Crippen molar-refractivity contribution in [3.8, 4) is 5.75 Å². The molecule has 0 saturated carbocycles. The maximum Gasteiger partial charge on any atom is 0.119 e. The highest BCUT2D eigenvalue weighted by Gasteiger charge is 1.93. The van der Waals surface area contributed by atoms with Crippen molar-refractivity contribution in [1.29, 1.82) is 0 Å². The molecule has 2 aromatic rings. The van der Waals surface area contributed by atoms with Crippen molar-refractivity contribution in [2.45, 2.75) is 0 Å². The molecule has 1 nitrogen and oxygen atoms in total. The third kappa shape index (κ3) is 1.14. The fourth-order valence-electron chi connectivity index (χ4n) is 1.23. The third-order valence-electron chi connectivity index (χ3n) is 1.84. The van der Waals surface area contributed by atoms with Gasteiger partial charge in [-0.25, -0.2) is 0 Å². The van der Waals surface area contributed by atoms with Crippen LogP contribution in [0.4, 0.5) is 0 Å². The summed E-state index contributed by atoms with van der Waals surface area (Å²) < 4.78 is 25.8. The van der Waals surface area contributed by atoms with Crippen LogP contribution in [-0.4, -0.2) is 7.04 Å². The molecule has 0 aromatic heterocycles. The van der Waals surface area contributed by atoms with Crippen LogP contribution in [0, 0.1) is 0 Å². The summed E-state index contributed by atoms with van der Waals surface area (Å²) >= 11 is 0. The molecule has 0 amide bonds. The Morgan fingerprint density at radius 2 is 1.92 bits per heavy atom. The zero-order chi connectivity index (χ0) is 10.9. The lowest BCUT2D eigenvalue weighted by atomic mass is 10.1. The zero-order valence-corrected chi connectivity index (χ0v) is 6.45. The third-order valence-corrected chi connectivity index (χ3v) is 1.84. The highest BCUT2D eigenvalue weighted by Crippen LogP contribution is 2.19. The SMILES string of the molecule is [2H]C([2H])([2H])Oc1ccc2ccccc2c1. The predicted molar refractivity (Wildman–Crippen MR) is 50.5 cm³/mol. The van der Waals surface area contributed by atoms with E-state index in [1.54, 1.807) is 12.1 Å². The van der Waals surface area contributed by atoms with Crippen LogP contribution in [0.25, 0.3) is 10.8 Å². The van der Waals surface area contributed by atoms with Gasteiger partial charge in [0, 0.05) is 0 Å². The lowest BCUT2D eigenvalue weighted by Crippen LogP contribution is -1.81. The minimum Gasteiger partial charge on any atom is -0.497 e. The first-order chi connectivity index (χ1) is 7.04. The molecule has 0 heterocycles. The van der Waals surface area contributed by atoms with Crippen LogP contribution in [0.15, 0.2) is 42.5 Å².